The second-order valence-electron chi connectivity index (χ2n) is 3.87. The Morgan fingerprint density at radius 3 is 2.59 bits per heavy atom. The minimum atomic E-state index is -3.99. The molecule has 0 aliphatic carbocycles. The molecule has 11 heteroatoms. The second kappa shape index (κ2) is 8.25. The lowest BCUT2D eigenvalue weighted by Crippen LogP contribution is -2.07. The van der Waals surface area contributed by atoms with Gasteiger partial charge in [0.15, 0.2) is 5.83 Å². The van der Waals surface area contributed by atoms with E-state index >= 15 is 0 Å². The first-order chi connectivity index (χ1) is 10.3. The number of oxime groups is 1. The smallest absolute Gasteiger partial charge is 0.301 e. The number of sulfone groups is 1. The van der Waals surface area contributed by atoms with Crippen LogP contribution in [0.1, 0.15) is 17.0 Å². The fraction of sp³-hybridized carbons (Fsp3) is 0.455. The van der Waals surface area contributed by atoms with Gasteiger partial charge in [0.2, 0.25) is 14.2 Å². The molecule has 1 rings (SSSR count). The van der Waals surface area contributed by atoms with Gasteiger partial charge in [0.1, 0.15) is 7.11 Å². The number of nitrogens with zero attached hydrogens (tertiary/aromatic N) is 2. The van der Waals surface area contributed by atoms with Gasteiger partial charge in [-0.05, 0) is 0 Å². The molecule has 6 nitrogen and oxygen atoms in total. The fourth-order valence-corrected chi connectivity index (χ4v) is 3.88. The Morgan fingerprint density at radius 1 is 1.36 bits per heavy atom. The van der Waals surface area contributed by atoms with Crippen LogP contribution in [0.25, 0.3) is 0 Å². The largest absolute Gasteiger partial charge is 0.399 e. The Hall–Kier alpha value is -1.46. The molecule has 0 radical (unpaired) electrons. The van der Waals surface area contributed by atoms with Crippen molar-refractivity contribution in [3.05, 3.63) is 22.5 Å². The van der Waals surface area contributed by atoms with Crippen LogP contribution in [0, 0.1) is 0 Å². The van der Waals surface area contributed by atoms with Crippen molar-refractivity contribution >= 4 is 27.4 Å². The van der Waals surface area contributed by atoms with E-state index in [9.17, 15) is 21.6 Å². The highest BCUT2D eigenvalue weighted by molar-refractivity contribution is 7.93. The van der Waals surface area contributed by atoms with Gasteiger partial charge >= 0.3 is 6.08 Å². The predicted molar refractivity (Wildman–Crippen MR) is 74.4 cm³/mol. The van der Waals surface area contributed by atoms with Crippen LogP contribution in [0.5, 0.6) is 0 Å². The first-order valence-corrected chi connectivity index (χ1v) is 8.26. The first-order valence-electron chi connectivity index (χ1n) is 5.79. The summed E-state index contributed by atoms with van der Waals surface area (Å²) in [5.74, 6) is -2.56. The molecule has 0 unspecified atom stereocenters. The zero-order valence-corrected chi connectivity index (χ0v) is 13.3. The molecule has 0 saturated heterocycles. The Kier molecular flexibility index (Phi) is 6.97. The second-order valence-corrected chi connectivity index (χ2v) is 7.19. The van der Waals surface area contributed by atoms with E-state index in [0.29, 0.717) is 10.6 Å². The van der Waals surface area contributed by atoms with Gasteiger partial charge in [0.25, 0.3) is 0 Å². The van der Waals surface area contributed by atoms with Gasteiger partial charge in [0, 0.05) is 13.5 Å². The number of rotatable bonds is 8. The van der Waals surface area contributed by atoms with Crippen LogP contribution in [0.4, 0.5) is 13.2 Å². The van der Waals surface area contributed by atoms with Crippen LogP contribution in [0.3, 0.4) is 0 Å². The number of thiazole rings is 1. The van der Waals surface area contributed by atoms with Gasteiger partial charge < -0.3 is 9.57 Å². The maximum absolute atomic E-state index is 12.7. The van der Waals surface area contributed by atoms with Crippen LogP contribution in [0.2, 0.25) is 0 Å². The Morgan fingerprint density at radius 2 is 2.05 bits per heavy atom. The zero-order chi connectivity index (χ0) is 16.8. The lowest BCUT2D eigenvalue weighted by atomic mass is 10.4. The number of aromatic nitrogens is 1. The Balaban J connectivity index is 3.04. The molecule has 0 amide bonds. The summed E-state index contributed by atoms with van der Waals surface area (Å²) in [6.45, 7) is 0.0322. The summed E-state index contributed by atoms with van der Waals surface area (Å²) in [5.41, 5.74) is 0.305. The van der Waals surface area contributed by atoms with E-state index in [4.69, 9.17) is 4.74 Å². The van der Waals surface area contributed by atoms with Crippen LogP contribution in [0.15, 0.2) is 21.4 Å². The van der Waals surface area contributed by atoms with E-state index < -0.39 is 33.9 Å². The quantitative estimate of drug-likeness (QED) is 0.527. The van der Waals surface area contributed by atoms with Gasteiger partial charge in [-0.15, -0.1) is 11.3 Å². The minimum Gasteiger partial charge on any atom is -0.399 e. The maximum Gasteiger partial charge on any atom is 0.301 e. The molecule has 0 atom stereocenters. The zero-order valence-electron chi connectivity index (χ0n) is 11.7. The molecular formula is C11H13F3N2O4S2. The lowest BCUT2D eigenvalue weighted by molar-refractivity contribution is 0.181. The number of hydrogen-bond acceptors (Lipinski definition) is 7. The summed E-state index contributed by atoms with van der Waals surface area (Å²) in [5, 5.41) is 3.51. The van der Waals surface area contributed by atoms with E-state index in [1.807, 2.05) is 0 Å². The SMILES string of the molecule is COCc1nc(S(=O)(=O)CCC(F)=C(F)F)sc1/C=N/OC. The highest BCUT2D eigenvalue weighted by atomic mass is 32.2. The number of hydrogen-bond donors (Lipinski definition) is 0. The number of halogens is 3. The summed E-state index contributed by atoms with van der Waals surface area (Å²) < 4.78 is 65.2. The summed E-state index contributed by atoms with van der Waals surface area (Å²) in [6, 6.07) is 0. The van der Waals surface area contributed by atoms with Crippen molar-refractivity contribution < 1.29 is 31.2 Å². The number of methoxy groups -OCH3 is 1. The normalized spacial score (nSPS) is 11.9. The monoisotopic (exact) mass is 358 g/mol. The molecule has 0 aliphatic heterocycles. The van der Waals surface area contributed by atoms with Crippen molar-refractivity contribution in [1.82, 2.24) is 4.98 Å². The molecule has 1 aromatic rings. The van der Waals surface area contributed by atoms with Gasteiger partial charge in [-0.1, -0.05) is 5.16 Å². The summed E-state index contributed by atoms with van der Waals surface area (Å²) in [4.78, 5) is 8.76. The molecular weight excluding hydrogens is 345 g/mol. The molecule has 22 heavy (non-hydrogen) atoms. The van der Waals surface area contributed by atoms with Crippen molar-refractivity contribution in [3.63, 3.8) is 0 Å². The molecule has 124 valence electrons. The molecule has 0 bridgehead atoms. The van der Waals surface area contributed by atoms with Gasteiger partial charge in [0.05, 0.1) is 29.1 Å². The summed E-state index contributed by atoms with van der Waals surface area (Å²) in [7, 11) is -1.28. The predicted octanol–water partition coefficient (Wildman–Crippen LogP) is 2.51. The van der Waals surface area contributed by atoms with E-state index in [-0.39, 0.29) is 10.9 Å². The highest BCUT2D eigenvalue weighted by Gasteiger charge is 2.23. The van der Waals surface area contributed by atoms with Gasteiger partial charge in [-0.2, -0.15) is 8.78 Å². The molecule has 0 spiro atoms. The summed E-state index contributed by atoms with van der Waals surface area (Å²) in [6.07, 6.45) is -2.18. The number of ether oxygens (including phenoxy) is 1. The molecule has 0 N–H and O–H groups in total. The standard InChI is InChI=1S/C11H13F3N2O4S2/c1-19-6-8-9(5-15-20-2)21-11(16-8)22(17,18)4-3-7(12)10(13)14/h5H,3-4,6H2,1-2H3/b15-5+. The number of allylic oxidation sites excluding steroid dienone is 1. The Bertz CT molecular complexity index is 667. The summed E-state index contributed by atoms with van der Waals surface area (Å²) >= 11 is 0.772. The third-order valence-electron chi connectivity index (χ3n) is 2.33. The van der Waals surface area contributed by atoms with Crippen molar-refractivity contribution in [1.29, 1.82) is 0 Å². The van der Waals surface area contributed by atoms with E-state index in [1.165, 1.54) is 20.4 Å². The molecule has 0 saturated carbocycles. The van der Waals surface area contributed by atoms with Crippen molar-refractivity contribution in [3.8, 4) is 0 Å². The lowest BCUT2D eigenvalue weighted by Gasteiger charge is -1.98. The average Bonchev–Trinajstić information content (AvgIpc) is 2.87. The third-order valence-corrected chi connectivity index (χ3v) is 5.53. The van der Waals surface area contributed by atoms with Gasteiger partial charge in [-0.3, -0.25) is 0 Å². The topological polar surface area (TPSA) is 77.9 Å². The molecule has 0 aliphatic rings. The first kappa shape index (κ1) is 18.6. The molecule has 1 heterocycles. The molecule has 1 aromatic heterocycles. The van der Waals surface area contributed by atoms with Crippen LogP contribution in [-0.4, -0.2) is 39.6 Å². The van der Waals surface area contributed by atoms with Crippen molar-refractivity contribution in [2.75, 3.05) is 20.0 Å². The molecule has 0 fully saturated rings. The van der Waals surface area contributed by atoms with Crippen molar-refractivity contribution in [2.24, 2.45) is 5.16 Å². The molecule has 0 aromatic carbocycles. The minimum absolute atomic E-state index is 0.0322. The van der Waals surface area contributed by atoms with Crippen molar-refractivity contribution in [2.45, 2.75) is 17.4 Å². The van der Waals surface area contributed by atoms with E-state index in [2.05, 4.69) is 15.0 Å². The average molecular weight is 358 g/mol. The maximum atomic E-state index is 12.7. The third kappa shape index (κ3) is 5.07. The highest BCUT2D eigenvalue weighted by Crippen LogP contribution is 2.25. The van der Waals surface area contributed by atoms with Gasteiger partial charge in [-0.25, -0.2) is 17.8 Å². The fourth-order valence-electron chi connectivity index (χ4n) is 1.32. The van der Waals surface area contributed by atoms with Crippen LogP contribution in [-0.2, 0) is 26.0 Å². The van der Waals surface area contributed by atoms with E-state index in [0.717, 1.165) is 11.3 Å². The van der Waals surface area contributed by atoms with Crippen LogP contribution < -0.4 is 0 Å². The Labute approximate surface area is 129 Å². The van der Waals surface area contributed by atoms with E-state index in [1.54, 1.807) is 0 Å². The van der Waals surface area contributed by atoms with Crippen LogP contribution >= 0.6 is 11.3 Å².